The Bertz CT molecular complexity index is 367. The SMILES string of the molecule is CCCCc1nc(C(C)(C)C)nc(Cl)c1C. The van der Waals surface area contributed by atoms with Crippen LogP contribution in [0, 0.1) is 6.92 Å². The first-order chi connectivity index (χ1) is 7.36. The molecule has 0 atom stereocenters. The Labute approximate surface area is 103 Å². The number of nitrogens with zero attached hydrogens (tertiary/aromatic N) is 2. The van der Waals surface area contributed by atoms with Crippen LogP contribution in [0.2, 0.25) is 5.15 Å². The Hall–Kier alpha value is -0.630. The van der Waals surface area contributed by atoms with Crippen LogP contribution in [0.15, 0.2) is 0 Å². The summed E-state index contributed by atoms with van der Waals surface area (Å²) in [5.74, 6) is 0.842. The molecule has 0 saturated carbocycles. The zero-order valence-corrected chi connectivity index (χ0v) is 11.6. The third-order valence-corrected chi connectivity index (χ3v) is 2.99. The van der Waals surface area contributed by atoms with Crippen LogP contribution in [0.25, 0.3) is 0 Å². The summed E-state index contributed by atoms with van der Waals surface area (Å²) in [6.07, 6.45) is 3.32. The number of rotatable bonds is 3. The third kappa shape index (κ3) is 3.18. The summed E-state index contributed by atoms with van der Waals surface area (Å²) >= 11 is 6.15. The van der Waals surface area contributed by atoms with E-state index in [1.807, 2.05) is 6.92 Å². The minimum absolute atomic E-state index is 0.0433. The molecule has 90 valence electrons. The van der Waals surface area contributed by atoms with Crippen molar-refractivity contribution in [2.45, 2.75) is 59.3 Å². The van der Waals surface area contributed by atoms with E-state index in [-0.39, 0.29) is 5.41 Å². The van der Waals surface area contributed by atoms with Gasteiger partial charge in [-0.15, -0.1) is 0 Å². The van der Waals surface area contributed by atoms with Crippen LogP contribution < -0.4 is 0 Å². The van der Waals surface area contributed by atoms with Crippen molar-refractivity contribution in [3.63, 3.8) is 0 Å². The molecule has 0 aromatic carbocycles. The predicted molar refractivity (Wildman–Crippen MR) is 69.1 cm³/mol. The second-order valence-electron chi connectivity index (χ2n) is 5.26. The van der Waals surface area contributed by atoms with Crippen molar-refractivity contribution >= 4 is 11.6 Å². The van der Waals surface area contributed by atoms with Crippen molar-refractivity contribution < 1.29 is 0 Å². The van der Waals surface area contributed by atoms with Crippen molar-refractivity contribution in [3.8, 4) is 0 Å². The molecular weight excluding hydrogens is 220 g/mol. The van der Waals surface area contributed by atoms with Crippen molar-refractivity contribution in [3.05, 3.63) is 22.2 Å². The summed E-state index contributed by atoms with van der Waals surface area (Å²) in [6.45, 7) is 10.5. The molecule has 16 heavy (non-hydrogen) atoms. The summed E-state index contributed by atoms with van der Waals surface area (Å²) in [7, 11) is 0. The fourth-order valence-corrected chi connectivity index (χ4v) is 1.64. The zero-order chi connectivity index (χ0) is 12.3. The standard InChI is InChI=1S/C13H21ClN2/c1-6-7-8-10-9(2)11(14)16-12(15-10)13(3,4)5/h6-8H2,1-5H3. The van der Waals surface area contributed by atoms with E-state index in [0.29, 0.717) is 5.15 Å². The van der Waals surface area contributed by atoms with Crippen LogP contribution in [0.5, 0.6) is 0 Å². The highest BCUT2D eigenvalue weighted by Gasteiger charge is 2.20. The van der Waals surface area contributed by atoms with Crippen LogP contribution in [0.3, 0.4) is 0 Å². The van der Waals surface area contributed by atoms with Gasteiger partial charge in [-0.1, -0.05) is 45.7 Å². The highest BCUT2D eigenvalue weighted by molar-refractivity contribution is 6.30. The Balaban J connectivity index is 3.12. The number of unbranched alkanes of at least 4 members (excludes halogenated alkanes) is 1. The van der Waals surface area contributed by atoms with Crippen LogP contribution in [0.4, 0.5) is 0 Å². The third-order valence-electron chi connectivity index (χ3n) is 2.63. The molecule has 1 heterocycles. The van der Waals surface area contributed by atoms with Crippen molar-refractivity contribution in [2.75, 3.05) is 0 Å². The number of hydrogen-bond donors (Lipinski definition) is 0. The molecule has 0 radical (unpaired) electrons. The molecule has 1 rings (SSSR count). The quantitative estimate of drug-likeness (QED) is 0.744. The van der Waals surface area contributed by atoms with Gasteiger partial charge in [0.25, 0.3) is 0 Å². The Morgan fingerprint density at radius 2 is 1.81 bits per heavy atom. The molecule has 0 aliphatic carbocycles. The molecular formula is C13H21ClN2. The maximum atomic E-state index is 6.15. The van der Waals surface area contributed by atoms with Crippen LogP contribution in [-0.2, 0) is 11.8 Å². The lowest BCUT2D eigenvalue weighted by Crippen LogP contribution is -2.18. The van der Waals surface area contributed by atoms with Crippen molar-refractivity contribution in [2.24, 2.45) is 0 Å². The van der Waals surface area contributed by atoms with E-state index in [9.17, 15) is 0 Å². The maximum absolute atomic E-state index is 6.15. The molecule has 2 nitrogen and oxygen atoms in total. The van der Waals surface area contributed by atoms with Crippen LogP contribution in [0.1, 0.15) is 57.6 Å². The monoisotopic (exact) mass is 240 g/mol. The summed E-state index contributed by atoms with van der Waals surface area (Å²) in [6, 6.07) is 0. The molecule has 0 saturated heterocycles. The molecule has 0 N–H and O–H groups in total. The van der Waals surface area contributed by atoms with E-state index in [0.717, 1.165) is 29.9 Å². The predicted octanol–water partition coefficient (Wildman–Crippen LogP) is 4.08. The summed E-state index contributed by atoms with van der Waals surface area (Å²) in [5.41, 5.74) is 2.09. The van der Waals surface area contributed by atoms with Gasteiger partial charge in [0.2, 0.25) is 0 Å². The zero-order valence-electron chi connectivity index (χ0n) is 10.9. The minimum Gasteiger partial charge on any atom is -0.237 e. The van der Waals surface area contributed by atoms with E-state index in [4.69, 9.17) is 11.6 Å². The number of aryl methyl sites for hydroxylation is 1. The lowest BCUT2D eigenvalue weighted by Gasteiger charge is -2.18. The van der Waals surface area contributed by atoms with Gasteiger partial charge in [-0.2, -0.15) is 0 Å². The smallest absolute Gasteiger partial charge is 0.135 e. The molecule has 0 spiro atoms. The normalized spacial score (nSPS) is 11.9. The molecule has 0 unspecified atom stereocenters. The highest BCUT2D eigenvalue weighted by Crippen LogP contribution is 2.24. The first-order valence-electron chi connectivity index (χ1n) is 5.89. The van der Waals surface area contributed by atoms with Crippen LogP contribution in [-0.4, -0.2) is 9.97 Å². The Morgan fingerprint density at radius 1 is 1.19 bits per heavy atom. The maximum Gasteiger partial charge on any atom is 0.135 e. The lowest BCUT2D eigenvalue weighted by molar-refractivity contribution is 0.539. The van der Waals surface area contributed by atoms with Crippen LogP contribution >= 0.6 is 11.6 Å². The van der Waals surface area contributed by atoms with Gasteiger partial charge in [-0.25, -0.2) is 9.97 Å². The molecule has 1 aromatic heterocycles. The summed E-state index contributed by atoms with van der Waals surface area (Å²) < 4.78 is 0. The molecule has 3 heteroatoms. The van der Waals surface area contributed by atoms with Gasteiger partial charge in [0, 0.05) is 16.7 Å². The largest absolute Gasteiger partial charge is 0.237 e. The van der Waals surface area contributed by atoms with Crippen molar-refractivity contribution in [1.29, 1.82) is 0 Å². The average Bonchev–Trinajstić information content (AvgIpc) is 2.18. The fourth-order valence-electron chi connectivity index (χ4n) is 1.46. The van der Waals surface area contributed by atoms with E-state index in [2.05, 4.69) is 37.7 Å². The average molecular weight is 241 g/mol. The second kappa shape index (κ2) is 5.13. The summed E-state index contributed by atoms with van der Waals surface area (Å²) in [4.78, 5) is 9.01. The second-order valence-corrected chi connectivity index (χ2v) is 5.62. The van der Waals surface area contributed by atoms with Gasteiger partial charge < -0.3 is 0 Å². The highest BCUT2D eigenvalue weighted by atomic mass is 35.5. The minimum atomic E-state index is -0.0433. The first-order valence-corrected chi connectivity index (χ1v) is 6.27. The molecule has 0 aliphatic heterocycles. The molecule has 0 aliphatic rings. The number of hydrogen-bond acceptors (Lipinski definition) is 2. The molecule has 0 bridgehead atoms. The van der Waals surface area contributed by atoms with Gasteiger partial charge in [0.05, 0.1) is 0 Å². The Kier molecular flexibility index (Phi) is 4.31. The van der Waals surface area contributed by atoms with E-state index in [1.165, 1.54) is 6.42 Å². The molecule has 1 aromatic rings. The van der Waals surface area contributed by atoms with Gasteiger partial charge in [0.15, 0.2) is 0 Å². The summed E-state index contributed by atoms with van der Waals surface area (Å²) in [5, 5.41) is 0.603. The Morgan fingerprint density at radius 3 is 2.31 bits per heavy atom. The van der Waals surface area contributed by atoms with Gasteiger partial charge in [0.1, 0.15) is 11.0 Å². The fraction of sp³-hybridized carbons (Fsp3) is 0.692. The van der Waals surface area contributed by atoms with Gasteiger partial charge >= 0.3 is 0 Å². The molecule has 0 fully saturated rings. The topological polar surface area (TPSA) is 25.8 Å². The van der Waals surface area contributed by atoms with Gasteiger partial charge in [-0.3, -0.25) is 0 Å². The van der Waals surface area contributed by atoms with E-state index < -0.39 is 0 Å². The van der Waals surface area contributed by atoms with Crippen molar-refractivity contribution in [1.82, 2.24) is 9.97 Å². The van der Waals surface area contributed by atoms with E-state index >= 15 is 0 Å². The van der Waals surface area contributed by atoms with Gasteiger partial charge in [-0.05, 0) is 19.8 Å². The number of halogens is 1. The molecule has 0 amide bonds. The first kappa shape index (κ1) is 13.4. The van der Waals surface area contributed by atoms with E-state index in [1.54, 1.807) is 0 Å². The number of aromatic nitrogens is 2. The lowest BCUT2D eigenvalue weighted by atomic mass is 9.95.